The number of hydrogen-bond donors (Lipinski definition) is 1. The van der Waals surface area contributed by atoms with Crippen LogP contribution >= 0.6 is 11.8 Å². The Hall–Kier alpha value is -1.20. The lowest BCUT2D eigenvalue weighted by molar-refractivity contribution is -0.129. The first-order valence-corrected chi connectivity index (χ1v) is 8.90. The van der Waals surface area contributed by atoms with E-state index in [-0.39, 0.29) is 5.91 Å². The molecule has 1 saturated heterocycles. The highest BCUT2D eigenvalue weighted by atomic mass is 32.2. The Morgan fingerprint density at radius 1 is 1.32 bits per heavy atom. The first kappa shape index (κ1) is 17.2. The van der Waals surface area contributed by atoms with Crippen LogP contribution in [0.3, 0.4) is 0 Å². The predicted molar refractivity (Wildman–Crippen MR) is 91.6 cm³/mol. The number of carbonyl (C=O) groups is 1. The SMILES string of the molecule is CNCCC1CCN(C(=O)CSc2ccc(OC)cc2)CC1. The molecule has 0 unspecified atom stereocenters. The Morgan fingerprint density at radius 3 is 2.59 bits per heavy atom. The van der Waals surface area contributed by atoms with Crippen LogP contribution in [0.5, 0.6) is 5.75 Å². The van der Waals surface area contributed by atoms with Gasteiger partial charge in [0.2, 0.25) is 5.91 Å². The van der Waals surface area contributed by atoms with Crippen LogP contribution < -0.4 is 10.1 Å². The quantitative estimate of drug-likeness (QED) is 0.784. The Balaban J connectivity index is 1.71. The Morgan fingerprint density at radius 2 is 2.00 bits per heavy atom. The molecule has 122 valence electrons. The summed E-state index contributed by atoms with van der Waals surface area (Å²) in [7, 11) is 3.65. The van der Waals surface area contributed by atoms with E-state index >= 15 is 0 Å². The van der Waals surface area contributed by atoms with Gasteiger partial charge in [-0.2, -0.15) is 0 Å². The lowest BCUT2D eigenvalue weighted by Crippen LogP contribution is -2.39. The molecule has 0 bridgehead atoms. The van der Waals surface area contributed by atoms with Crippen molar-refractivity contribution < 1.29 is 9.53 Å². The number of hydrogen-bond acceptors (Lipinski definition) is 4. The van der Waals surface area contributed by atoms with Crippen LogP contribution in [0.15, 0.2) is 29.2 Å². The molecule has 1 fully saturated rings. The van der Waals surface area contributed by atoms with Crippen LogP contribution in [0.4, 0.5) is 0 Å². The van der Waals surface area contributed by atoms with Crippen molar-refractivity contribution >= 4 is 17.7 Å². The van der Waals surface area contributed by atoms with Gasteiger partial charge in [-0.15, -0.1) is 11.8 Å². The molecule has 2 rings (SSSR count). The van der Waals surface area contributed by atoms with Crippen molar-refractivity contribution in [3.8, 4) is 5.75 Å². The molecular formula is C17H26N2O2S. The first-order chi connectivity index (χ1) is 10.7. The standard InChI is InChI=1S/C17H26N2O2S/c1-18-10-7-14-8-11-19(12-9-14)17(20)13-22-16-5-3-15(21-2)4-6-16/h3-6,14,18H,7-13H2,1-2H3. The second-order valence-corrected chi connectivity index (χ2v) is 6.73. The number of thioether (sulfide) groups is 1. The van der Waals surface area contributed by atoms with Gasteiger partial charge in [0.05, 0.1) is 12.9 Å². The fraction of sp³-hybridized carbons (Fsp3) is 0.588. The number of ether oxygens (including phenoxy) is 1. The van der Waals surface area contributed by atoms with Crippen molar-refractivity contribution in [1.82, 2.24) is 10.2 Å². The third-order valence-electron chi connectivity index (χ3n) is 4.19. The smallest absolute Gasteiger partial charge is 0.232 e. The molecule has 1 aliphatic rings. The molecule has 0 aromatic heterocycles. The number of nitrogens with one attached hydrogen (secondary N) is 1. The largest absolute Gasteiger partial charge is 0.497 e. The van der Waals surface area contributed by atoms with Crippen molar-refractivity contribution in [2.75, 3.05) is 39.5 Å². The molecule has 0 aliphatic carbocycles. The maximum Gasteiger partial charge on any atom is 0.232 e. The Kier molecular flexibility index (Phi) is 7.06. The van der Waals surface area contributed by atoms with Gasteiger partial charge in [-0.1, -0.05) is 0 Å². The molecule has 1 N–H and O–H groups in total. The van der Waals surface area contributed by atoms with Crippen LogP contribution in [-0.2, 0) is 4.79 Å². The predicted octanol–water partition coefficient (Wildman–Crippen LogP) is 2.64. The van der Waals surface area contributed by atoms with Gasteiger partial charge < -0.3 is 15.0 Å². The van der Waals surface area contributed by atoms with E-state index in [1.165, 1.54) is 6.42 Å². The molecule has 1 aromatic carbocycles. The third kappa shape index (κ3) is 5.21. The molecule has 1 aliphatic heterocycles. The normalized spacial score (nSPS) is 15.8. The minimum atomic E-state index is 0.257. The zero-order chi connectivity index (χ0) is 15.8. The average Bonchev–Trinajstić information content (AvgIpc) is 2.58. The zero-order valence-corrected chi connectivity index (χ0v) is 14.3. The van der Waals surface area contributed by atoms with Gasteiger partial charge in [0.25, 0.3) is 0 Å². The van der Waals surface area contributed by atoms with Crippen molar-refractivity contribution in [2.45, 2.75) is 24.2 Å². The van der Waals surface area contributed by atoms with E-state index < -0.39 is 0 Å². The summed E-state index contributed by atoms with van der Waals surface area (Å²) in [5.74, 6) is 2.39. The van der Waals surface area contributed by atoms with Crippen molar-refractivity contribution in [2.24, 2.45) is 5.92 Å². The molecule has 0 spiro atoms. The monoisotopic (exact) mass is 322 g/mol. The lowest BCUT2D eigenvalue weighted by atomic mass is 9.93. The molecule has 5 heteroatoms. The van der Waals surface area contributed by atoms with Gasteiger partial charge in [-0.25, -0.2) is 0 Å². The molecule has 1 aromatic rings. The fourth-order valence-corrected chi connectivity index (χ4v) is 3.53. The topological polar surface area (TPSA) is 41.6 Å². The molecule has 1 amide bonds. The van der Waals surface area contributed by atoms with E-state index in [9.17, 15) is 4.79 Å². The van der Waals surface area contributed by atoms with Crippen LogP contribution in [0.25, 0.3) is 0 Å². The number of rotatable bonds is 7. The van der Waals surface area contributed by atoms with Crippen molar-refractivity contribution in [3.63, 3.8) is 0 Å². The van der Waals surface area contributed by atoms with E-state index in [0.717, 1.165) is 49.0 Å². The van der Waals surface area contributed by atoms with Crippen molar-refractivity contribution in [3.05, 3.63) is 24.3 Å². The maximum absolute atomic E-state index is 12.3. The molecular weight excluding hydrogens is 296 g/mol. The minimum absolute atomic E-state index is 0.257. The minimum Gasteiger partial charge on any atom is -0.497 e. The lowest BCUT2D eigenvalue weighted by Gasteiger charge is -2.32. The summed E-state index contributed by atoms with van der Waals surface area (Å²) >= 11 is 1.60. The second kappa shape index (κ2) is 9.06. The molecule has 22 heavy (non-hydrogen) atoms. The number of methoxy groups -OCH3 is 1. The van der Waals surface area contributed by atoms with Crippen molar-refractivity contribution in [1.29, 1.82) is 0 Å². The number of benzene rings is 1. The fourth-order valence-electron chi connectivity index (χ4n) is 2.73. The summed E-state index contributed by atoms with van der Waals surface area (Å²) in [4.78, 5) is 15.4. The summed E-state index contributed by atoms with van der Waals surface area (Å²) in [6.07, 6.45) is 3.50. The molecule has 0 radical (unpaired) electrons. The van der Waals surface area contributed by atoms with Gasteiger partial charge in [0.15, 0.2) is 0 Å². The first-order valence-electron chi connectivity index (χ1n) is 7.92. The van der Waals surface area contributed by atoms with Crippen LogP contribution in [-0.4, -0.2) is 50.4 Å². The Labute approximate surface area is 137 Å². The van der Waals surface area contributed by atoms with Gasteiger partial charge in [0, 0.05) is 18.0 Å². The number of likely N-dealkylation sites (tertiary alicyclic amines) is 1. The summed E-state index contributed by atoms with van der Waals surface area (Å²) in [6.45, 7) is 2.90. The van der Waals surface area contributed by atoms with Crippen LogP contribution in [0.1, 0.15) is 19.3 Å². The van der Waals surface area contributed by atoms with E-state index in [2.05, 4.69) is 5.32 Å². The second-order valence-electron chi connectivity index (χ2n) is 5.68. The number of carbonyl (C=O) groups excluding carboxylic acids is 1. The van der Waals surface area contributed by atoms with E-state index in [1.54, 1.807) is 18.9 Å². The summed E-state index contributed by atoms with van der Waals surface area (Å²) in [5, 5.41) is 3.20. The highest BCUT2D eigenvalue weighted by molar-refractivity contribution is 8.00. The number of piperidine rings is 1. The van der Waals surface area contributed by atoms with E-state index in [4.69, 9.17) is 4.74 Å². The third-order valence-corrected chi connectivity index (χ3v) is 5.19. The maximum atomic E-state index is 12.3. The molecule has 0 atom stereocenters. The molecule has 1 heterocycles. The van der Waals surface area contributed by atoms with Crippen LogP contribution in [0.2, 0.25) is 0 Å². The summed E-state index contributed by atoms with van der Waals surface area (Å²) < 4.78 is 5.14. The average molecular weight is 322 g/mol. The summed E-state index contributed by atoms with van der Waals surface area (Å²) in [6, 6.07) is 7.86. The zero-order valence-electron chi connectivity index (χ0n) is 13.5. The summed E-state index contributed by atoms with van der Waals surface area (Å²) in [5.41, 5.74) is 0. The molecule has 4 nitrogen and oxygen atoms in total. The number of nitrogens with zero attached hydrogens (tertiary/aromatic N) is 1. The molecule has 0 saturated carbocycles. The van der Waals surface area contributed by atoms with Gasteiger partial charge >= 0.3 is 0 Å². The van der Waals surface area contributed by atoms with Gasteiger partial charge in [-0.3, -0.25) is 4.79 Å². The van der Waals surface area contributed by atoms with Gasteiger partial charge in [-0.05, 0) is 63.0 Å². The number of amides is 1. The van der Waals surface area contributed by atoms with Crippen LogP contribution in [0, 0.1) is 5.92 Å². The highest BCUT2D eigenvalue weighted by Crippen LogP contribution is 2.24. The highest BCUT2D eigenvalue weighted by Gasteiger charge is 2.22. The van der Waals surface area contributed by atoms with E-state index in [1.807, 2.05) is 36.2 Å². The Bertz CT molecular complexity index is 456. The van der Waals surface area contributed by atoms with E-state index in [0.29, 0.717) is 5.75 Å². The van der Waals surface area contributed by atoms with Gasteiger partial charge in [0.1, 0.15) is 5.75 Å².